The van der Waals surface area contributed by atoms with Crippen LogP contribution in [0.4, 0.5) is 0 Å². The molecule has 0 aliphatic heterocycles. The van der Waals surface area contributed by atoms with Gasteiger partial charge >= 0.3 is 11.9 Å². The molecule has 0 aliphatic rings. The topological polar surface area (TPSA) is 104 Å². The van der Waals surface area contributed by atoms with Crippen LogP contribution in [0.3, 0.4) is 0 Å². The largest absolute Gasteiger partial charge is 0.481 e. The number of carbonyl (C=O) groups excluding carboxylic acids is 1. The molecule has 0 saturated carbocycles. The molecule has 0 aromatic heterocycles. The Hall–Kier alpha value is -2.03. The van der Waals surface area contributed by atoms with Crippen LogP contribution in [0.1, 0.15) is 6.42 Å². The molecule has 6 nitrogen and oxygen atoms in total. The third kappa shape index (κ3) is 4.42. The average molecular weight is 185 g/mol. The van der Waals surface area contributed by atoms with Gasteiger partial charge in [-0.15, -0.1) is 6.42 Å². The van der Waals surface area contributed by atoms with Crippen molar-refractivity contribution in [2.75, 3.05) is 0 Å². The van der Waals surface area contributed by atoms with Crippen LogP contribution in [-0.4, -0.2) is 34.1 Å². The van der Waals surface area contributed by atoms with Gasteiger partial charge in [0.2, 0.25) is 0 Å². The second kappa shape index (κ2) is 4.77. The number of terminal acetylenes is 1. The highest BCUT2D eigenvalue weighted by Gasteiger charge is 2.21. The Kier molecular flexibility index (Phi) is 4.02. The van der Waals surface area contributed by atoms with E-state index in [4.69, 9.17) is 10.2 Å². The molecule has 0 rings (SSSR count). The highest BCUT2D eigenvalue weighted by Crippen LogP contribution is 1.92. The summed E-state index contributed by atoms with van der Waals surface area (Å²) in [4.78, 5) is 31.0. The molecule has 0 spiro atoms. The first-order valence-electron chi connectivity index (χ1n) is 3.19. The first-order chi connectivity index (χ1) is 5.97. The zero-order valence-corrected chi connectivity index (χ0v) is 6.48. The van der Waals surface area contributed by atoms with Gasteiger partial charge in [-0.1, -0.05) is 0 Å². The van der Waals surface area contributed by atoms with E-state index >= 15 is 0 Å². The number of carboxylic acids is 2. The minimum absolute atomic E-state index is 0.706. The van der Waals surface area contributed by atoms with Crippen molar-refractivity contribution >= 4 is 17.8 Å². The maximum absolute atomic E-state index is 10.5. The van der Waals surface area contributed by atoms with E-state index < -0.39 is 30.3 Å². The number of hydrogen-bond acceptors (Lipinski definition) is 3. The molecule has 0 heterocycles. The molecular weight excluding hydrogens is 178 g/mol. The van der Waals surface area contributed by atoms with Crippen LogP contribution >= 0.6 is 0 Å². The lowest BCUT2D eigenvalue weighted by Crippen LogP contribution is -2.41. The number of nitrogens with one attached hydrogen (secondary N) is 1. The van der Waals surface area contributed by atoms with E-state index in [1.54, 1.807) is 5.92 Å². The Morgan fingerprint density at radius 3 is 2.23 bits per heavy atom. The Balaban J connectivity index is 4.28. The number of carbonyl (C=O) groups is 3. The lowest BCUT2D eigenvalue weighted by Gasteiger charge is -2.08. The molecule has 0 aromatic rings. The molecule has 0 unspecified atom stereocenters. The van der Waals surface area contributed by atoms with Crippen LogP contribution in [0.5, 0.6) is 0 Å². The van der Waals surface area contributed by atoms with Gasteiger partial charge in [0.05, 0.1) is 6.42 Å². The van der Waals surface area contributed by atoms with Crippen molar-refractivity contribution in [1.29, 1.82) is 0 Å². The summed E-state index contributed by atoms with van der Waals surface area (Å²) >= 11 is 0. The minimum Gasteiger partial charge on any atom is -0.481 e. The highest BCUT2D eigenvalue weighted by molar-refractivity contribution is 5.96. The summed E-state index contributed by atoms with van der Waals surface area (Å²) in [5, 5.41) is 18.5. The van der Waals surface area contributed by atoms with Crippen molar-refractivity contribution in [3.63, 3.8) is 0 Å². The fraction of sp³-hybridized carbons (Fsp3) is 0.286. The van der Waals surface area contributed by atoms with Crippen LogP contribution in [0.25, 0.3) is 0 Å². The third-order valence-electron chi connectivity index (χ3n) is 1.11. The maximum atomic E-state index is 10.5. The van der Waals surface area contributed by atoms with Crippen LogP contribution < -0.4 is 5.32 Å². The second-order valence-electron chi connectivity index (χ2n) is 2.11. The van der Waals surface area contributed by atoms with Gasteiger partial charge in [0.25, 0.3) is 5.91 Å². The fourth-order valence-corrected chi connectivity index (χ4v) is 0.575. The summed E-state index contributed by atoms with van der Waals surface area (Å²) in [6.45, 7) is 0. The summed E-state index contributed by atoms with van der Waals surface area (Å²) in [6.07, 6.45) is 3.94. The molecule has 1 atom stereocenters. The Labute approximate surface area is 73.6 Å². The van der Waals surface area contributed by atoms with Crippen molar-refractivity contribution in [3.05, 3.63) is 0 Å². The van der Waals surface area contributed by atoms with Gasteiger partial charge in [0.15, 0.2) is 0 Å². The molecule has 6 heteroatoms. The van der Waals surface area contributed by atoms with Gasteiger partial charge in [0.1, 0.15) is 6.04 Å². The number of hydrogen-bond donors (Lipinski definition) is 3. The van der Waals surface area contributed by atoms with E-state index in [2.05, 4.69) is 6.42 Å². The van der Waals surface area contributed by atoms with Gasteiger partial charge in [-0.05, 0) is 5.92 Å². The van der Waals surface area contributed by atoms with Gasteiger partial charge < -0.3 is 15.5 Å². The molecule has 0 aromatic carbocycles. The summed E-state index contributed by atoms with van der Waals surface area (Å²) in [6, 6.07) is -1.49. The van der Waals surface area contributed by atoms with Crippen LogP contribution in [0, 0.1) is 12.3 Å². The van der Waals surface area contributed by atoms with E-state index in [1.807, 2.05) is 5.32 Å². The summed E-state index contributed by atoms with van der Waals surface area (Å²) in [5.41, 5.74) is 0. The SMILES string of the molecule is C#CC(=O)N[C@H](CC(=O)O)C(=O)O. The molecule has 3 N–H and O–H groups in total. The van der Waals surface area contributed by atoms with E-state index in [0.717, 1.165) is 0 Å². The van der Waals surface area contributed by atoms with E-state index in [1.165, 1.54) is 0 Å². The van der Waals surface area contributed by atoms with Gasteiger partial charge in [-0.2, -0.15) is 0 Å². The smallest absolute Gasteiger partial charge is 0.326 e. The number of carboxylic acid groups (broad SMARTS) is 2. The standard InChI is InChI=1S/C7H7NO5/c1-2-5(9)8-4(7(12)13)3-6(10)11/h1,4H,3H2,(H,8,9)(H,10,11)(H,12,13)/t4-/m1/s1. The van der Waals surface area contributed by atoms with E-state index in [-0.39, 0.29) is 0 Å². The molecule has 0 radical (unpaired) electrons. The lowest BCUT2D eigenvalue weighted by molar-refractivity contribution is -0.146. The van der Waals surface area contributed by atoms with Gasteiger partial charge in [0, 0.05) is 0 Å². The summed E-state index contributed by atoms with van der Waals surface area (Å²) in [7, 11) is 0. The molecular formula is C7H7NO5. The van der Waals surface area contributed by atoms with E-state index in [9.17, 15) is 14.4 Å². The minimum atomic E-state index is -1.49. The fourth-order valence-electron chi connectivity index (χ4n) is 0.575. The third-order valence-corrected chi connectivity index (χ3v) is 1.11. The summed E-state index contributed by atoms with van der Waals surface area (Å²) in [5.74, 6) is -2.10. The summed E-state index contributed by atoms with van der Waals surface area (Å²) < 4.78 is 0. The van der Waals surface area contributed by atoms with Crippen LogP contribution in [0.15, 0.2) is 0 Å². The quantitative estimate of drug-likeness (QED) is 0.470. The molecule has 0 bridgehead atoms. The zero-order chi connectivity index (χ0) is 10.4. The molecule has 0 saturated heterocycles. The molecule has 13 heavy (non-hydrogen) atoms. The Morgan fingerprint density at radius 1 is 1.38 bits per heavy atom. The number of rotatable bonds is 4. The predicted molar refractivity (Wildman–Crippen MR) is 40.7 cm³/mol. The monoisotopic (exact) mass is 185 g/mol. The number of aliphatic carboxylic acids is 2. The molecule has 1 amide bonds. The van der Waals surface area contributed by atoms with Crippen molar-refractivity contribution < 1.29 is 24.6 Å². The van der Waals surface area contributed by atoms with Crippen molar-refractivity contribution in [3.8, 4) is 12.3 Å². The predicted octanol–water partition coefficient (Wildman–Crippen LogP) is -1.34. The van der Waals surface area contributed by atoms with E-state index in [0.29, 0.717) is 0 Å². The first-order valence-corrected chi connectivity index (χ1v) is 3.19. The van der Waals surface area contributed by atoms with Gasteiger partial charge in [-0.25, -0.2) is 4.79 Å². The maximum Gasteiger partial charge on any atom is 0.326 e. The second-order valence-corrected chi connectivity index (χ2v) is 2.11. The van der Waals surface area contributed by atoms with Crippen molar-refractivity contribution in [1.82, 2.24) is 5.32 Å². The normalized spacial score (nSPS) is 11.0. The zero-order valence-electron chi connectivity index (χ0n) is 6.48. The number of amides is 1. The molecule has 0 aliphatic carbocycles. The Morgan fingerprint density at radius 2 is 1.92 bits per heavy atom. The molecule has 0 fully saturated rings. The molecule has 70 valence electrons. The Bertz CT molecular complexity index is 277. The highest BCUT2D eigenvalue weighted by atomic mass is 16.4. The average Bonchev–Trinajstić information content (AvgIpc) is 2.02. The van der Waals surface area contributed by atoms with Crippen molar-refractivity contribution in [2.24, 2.45) is 0 Å². The van der Waals surface area contributed by atoms with Crippen LogP contribution in [-0.2, 0) is 14.4 Å². The van der Waals surface area contributed by atoms with Crippen LogP contribution in [0.2, 0.25) is 0 Å². The van der Waals surface area contributed by atoms with Gasteiger partial charge in [-0.3, -0.25) is 9.59 Å². The first kappa shape index (κ1) is 11.0. The van der Waals surface area contributed by atoms with Crippen molar-refractivity contribution in [2.45, 2.75) is 12.5 Å². The lowest BCUT2D eigenvalue weighted by atomic mass is 10.2.